The normalized spacial score (nSPS) is 15.2. The maximum absolute atomic E-state index is 13.6. The van der Waals surface area contributed by atoms with E-state index in [0.29, 0.717) is 29.7 Å². The molecule has 0 aliphatic heterocycles. The molecular formula is C20H20FNO4. The molecular weight excluding hydrogens is 337 g/mol. The van der Waals surface area contributed by atoms with Gasteiger partial charge >= 0.3 is 5.97 Å². The first kappa shape index (κ1) is 18.1. The van der Waals surface area contributed by atoms with Crippen LogP contribution in [0.5, 0.6) is 0 Å². The van der Waals surface area contributed by atoms with Crippen molar-refractivity contribution in [1.29, 1.82) is 0 Å². The summed E-state index contributed by atoms with van der Waals surface area (Å²) < 4.78 is 18.7. The Morgan fingerprint density at radius 3 is 2.58 bits per heavy atom. The van der Waals surface area contributed by atoms with Gasteiger partial charge in [-0.05, 0) is 54.3 Å². The van der Waals surface area contributed by atoms with Crippen molar-refractivity contribution in [1.82, 2.24) is 0 Å². The van der Waals surface area contributed by atoms with Gasteiger partial charge in [0.15, 0.2) is 0 Å². The number of carboxylic acid groups (broad SMARTS) is 1. The van der Waals surface area contributed by atoms with Gasteiger partial charge in [0.05, 0.1) is 17.6 Å². The Balaban J connectivity index is 1.90. The van der Waals surface area contributed by atoms with Crippen LogP contribution in [0.3, 0.4) is 0 Å². The number of carboxylic acids is 1. The van der Waals surface area contributed by atoms with E-state index in [1.807, 2.05) is 0 Å². The maximum atomic E-state index is 13.6. The van der Waals surface area contributed by atoms with Gasteiger partial charge in [0.25, 0.3) is 0 Å². The Bertz CT molecular complexity index is 845. The Kier molecular flexibility index (Phi) is 5.04. The lowest BCUT2D eigenvalue weighted by atomic mass is 9.63. The lowest BCUT2D eigenvalue weighted by Crippen LogP contribution is -2.46. The summed E-state index contributed by atoms with van der Waals surface area (Å²) in [6, 6.07) is 10.7. The van der Waals surface area contributed by atoms with E-state index < -0.39 is 11.4 Å². The third kappa shape index (κ3) is 3.46. The molecule has 1 amide bonds. The third-order valence-corrected chi connectivity index (χ3v) is 4.83. The Hall–Kier alpha value is -2.73. The van der Waals surface area contributed by atoms with Gasteiger partial charge in [-0.15, -0.1) is 0 Å². The molecule has 1 aliphatic rings. The molecule has 0 unspecified atom stereocenters. The monoisotopic (exact) mass is 357 g/mol. The van der Waals surface area contributed by atoms with Gasteiger partial charge in [-0.25, -0.2) is 9.18 Å². The molecule has 26 heavy (non-hydrogen) atoms. The molecule has 0 heterocycles. The van der Waals surface area contributed by atoms with E-state index in [1.54, 1.807) is 18.2 Å². The van der Waals surface area contributed by atoms with E-state index >= 15 is 0 Å². The quantitative estimate of drug-likeness (QED) is 0.826. The first-order valence-electron chi connectivity index (χ1n) is 8.38. The minimum atomic E-state index is -1.08. The second-order valence-corrected chi connectivity index (χ2v) is 6.56. The van der Waals surface area contributed by atoms with Crippen molar-refractivity contribution in [2.75, 3.05) is 12.4 Å². The van der Waals surface area contributed by atoms with Crippen LogP contribution in [0.15, 0.2) is 42.5 Å². The van der Waals surface area contributed by atoms with Crippen LogP contribution < -0.4 is 5.32 Å². The van der Waals surface area contributed by atoms with Crippen LogP contribution in [0.25, 0.3) is 0 Å². The zero-order valence-corrected chi connectivity index (χ0v) is 14.4. The number of carbonyl (C=O) groups is 2. The third-order valence-electron chi connectivity index (χ3n) is 4.83. The van der Waals surface area contributed by atoms with E-state index in [4.69, 9.17) is 4.74 Å². The zero-order chi connectivity index (χ0) is 18.7. The van der Waals surface area contributed by atoms with Crippen molar-refractivity contribution in [3.05, 3.63) is 65.0 Å². The minimum Gasteiger partial charge on any atom is -0.478 e. The molecule has 0 radical (unpaired) electrons. The Labute approximate surface area is 150 Å². The van der Waals surface area contributed by atoms with Crippen molar-refractivity contribution in [2.24, 2.45) is 0 Å². The average molecular weight is 357 g/mol. The van der Waals surface area contributed by atoms with Crippen molar-refractivity contribution in [3.63, 3.8) is 0 Å². The van der Waals surface area contributed by atoms with E-state index in [2.05, 4.69) is 5.32 Å². The number of hydrogen-bond donors (Lipinski definition) is 2. The summed E-state index contributed by atoms with van der Waals surface area (Å²) in [6.45, 7) is 0.235. The number of ether oxygens (including phenoxy) is 1. The lowest BCUT2D eigenvalue weighted by Gasteiger charge is -2.40. The topological polar surface area (TPSA) is 75.6 Å². The molecule has 2 aromatic carbocycles. The molecule has 6 heteroatoms. The highest BCUT2D eigenvalue weighted by atomic mass is 19.1. The minimum absolute atomic E-state index is 0.0725. The van der Waals surface area contributed by atoms with Gasteiger partial charge in [0.1, 0.15) is 5.82 Å². The number of aromatic carboxylic acids is 1. The lowest BCUT2D eigenvalue weighted by molar-refractivity contribution is -0.124. The summed E-state index contributed by atoms with van der Waals surface area (Å²) in [4.78, 5) is 24.3. The fourth-order valence-corrected chi connectivity index (χ4v) is 3.35. The van der Waals surface area contributed by atoms with Gasteiger partial charge in [0.2, 0.25) is 5.91 Å². The van der Waals surface area contributed by atoms with Gasteiger partial charge < -0.3 is 15.2 Å². The van der Waals surface area contributed by atoms with Crippen LogP contribution in [-0.4, -0.2) is 24.1 Å². The highest BCUT2D eigenvalue weighted by Crippen LogP contribution is 2.44. The summed E-state index contributed by atoms with van der Waals surface area (Å²) in [6.07, 6.45) is 2.14. The summed E-state index contributed by atoms with van der Waals surface area (Å²) in [5.74, 6) is -1.71. The molecule has 0 bridgehead atoms. The standard InChI is InChI=1S/C20H20FNO4/c1-26-12-13-8-14(18(23)24)10-17(9-13)22-19(25)20(6-3-7-20)15-4-2-5-16(21)11-15/h2,4-5,8-11H,3,6-7,12H2,1H3,(H,22,25)(H,23,24). The molecule has 0 saturated heterocycles. The molecule has 5 nitrogen and oxygen atoms in total. The van der Waals surface area contributed by atoms with Crippen LogP contribution in [0, 0.1) is 5.82 Å². The first-order chi connectivity index (χ1) is 12.4. The van der Waals surface area contributed by atoms with Crippen LogP contribution in [0.1, 0.15) is 40.7 Å². The molecule has 136 valence electrons. The van der Waals surface area contributed by atoms with E-state index in [9.17, 15) is 19.1 Å². The molecule has 1 saturated carbocycles. The predicted molar refractivity (Wildman–Crippen MR) is 94.7 cm³/mol. The molecule has 3 rings (SSSR count). The largest absolute Gasteiger partial charge is 0.478 e. The molecule has 2 N–H and O–H groups in total. The smallest absolute Gasteiger partial charge is 0.335 e. The van der Waals surface area contributed by atoms with Crippen LogP contribution >= 0.6 is 0 Å². The summed E-state index contributed by atoms with van der Waals surface area (Å²) >= 11 is 0. The second kappa shape index (κ2) is 7.25. The van der Waals surface area contributed by atoms with E-state index in [-0.39, 0.29) is 23.9 Å². The van der Waals surface area contributed by atoms with Gasteiger partial charge in [-0.3, -0.25) is 4.79 Å². The number of halogens is 1. The summed E-state index contributed by atoms with van der Waals surface area (Å²) in [7, 11) is 1.51. The van der Waals surface area contributed by atoms with Crippen molar-refractivity contribution in [2.45, 2.75) is 31.3 Å². The predicted octanol–water partition coefficient (Wildman–Crippen LogP) is 3.73. The number of benzene rings is 2. The molecule has 0 aromatic heterocycles. The average Bonchev–Trinajstić information content (AvgIpc) is 2.54. The highest BCUT2D eigenvalue weighted by molar-refractivity contribution is 6.01. The molecule has 0 atom stereocenters. The van der Waals surface area contributed by atoms with Crippen LogP contribution in [-0.2, 0) is 21.6 Å². The number of carbonyl (C=O) groups excluding carboxylic acids is 1. The van der Waals surface area contributed by atoms with E-state index in [1.165, 1.54) is 31.4 Å². The Morgan fingerprint density at radius 2 is 2.00 bits per heavy atom. The van der Waals surface area contributed by atoms with Crippen LogP contribution in [0.4, 0.5) is 10.1 Å². The summed E-state index contributed by atoms with van der Waals surface area (Å²) in [5, 5.41) is 12.1. The zero-order valence-electron chi connectivity index (χ0n) is 14.4. The number of amides is 1. The molecule has 0 spiro atoms. The van der Waals surface area contributed by atoms with Crippen molar-refractivity contribution >= 4 is 17.6 Å². The fraction of sp³-hybridized carbons (Fsp3) is 0.300. The highest BCUT2D eigenvalue weighted by Gasteiger charge is 2.45. The number of anilines is 1. The molecule has 1 aliphatic carbocycles. The SMILES string of the molecule is COCc1cc(NC(=O)C2(c3cccc(F)c3)CCC2)cc(C(=O)O)c1. The maximum Gasteiger partial charge on any atom is 0.335 e. The number of nitrogens with one attached hydrogen (secondary N) is 1. The van der Waals surface area contributed by atoms with Gasteiger partial charge in [0, 0.05) is 12.8 Å². The van der Waals surface area contributed by atoms with Gasteiger partial charge in [-0.1, -0.05) is 18.6 Å². The van der Waals surface area contributed by atoms with E-state index in [0.717, 1.165) is 6.42 Å². The number of methoxy groups -OCH3 is 1. The van der Waals surface area contributed by atoms with Gasteiger partial charge in [-0.2, -0.15) is 0 Å². The molecule has 2 aromatic rings. The first-order valence-corrected chi connectivity index (χ1v) is 8.38. The fourth-order valence-electron chi connectivity index (χ4n) is 3.35. The Morgan fingerprint density at radius 1 is 1.23 bits per heavy atom. The number of rotatable bonds is 6. The number of hydrogen-bond acceptors (Lipinski definition) is 3. The van der Waals surface area contributed by atoms with Crippen molar-refractivity contribution in [3.8, 4) is 0 Å². The second-order valence-electron chi connectivity index (χ2n) is 6.56. The van der Waals surface area contributed by atoms with Crippen molar-refractivity contribution < 1.29 is 23.8 Å². The van der Waals surface area contributed by atoms with Crippen LogP contribution in [0.2, 0.25) is 0 Å². The molecule has 1 fully saturated rings. The summed E-state index contributed by atoms with van der Waals surface area (Å²) in [5.41, 5.74) is 0.986.